The van der Waals surface area contributed by atoms with Crippen LogP contribution in [0.4, 0.5) is 0 Å². The average molecular weight is 162 g/mol. The molecule has 1 heterocycles. The highest BCUT2D eigenvalue weighted by Crippen LogP contribution is 2.12. The molecule has 1 rings (SSSR count). The van der Waals surface area contributed by atoms with Crippen molar-refractivity contribution in [3.8, 4) is 0 Å². The molecule has 2 heteroatoms. The largest absolute Gasteiger partial charge is 0.323 e. The summed E-state index contributed by atoms with van der Waals surface area (Å²) in [4.78, 5) is 4.21. The molecule has 0 aromatic carbocycles. The quantitative estimate of drug-likeness (QED) is 0.722. The maximum atomic E-state index is 5.69. The van der Waals surface area contributed by atoms with E-state index in [4.69, 9.17) is 5.73 Å². The molecule has 12 heavy (non-hydrogen) atoms. The number of aromatic nitrogens is 1. The van der Waals surface area contributed by atoms with Gasteiger partial charge in [-0.15, -0.1) is 0 Å². The second-order valence-corrected chi connectivity index (χ2v) is 2.96. The summed E-state index contributed by atoms with van der Waals surface area (Å²) >= 11 is 0. The summed E-state index contributed by atoms with van der Waals surface area (Å²) in [5.41, 5.74) is 8.86. The second-order valence-electron chi connectivity index (χ2n) is 2.96. The molecule has 0 bridgehead atoms. The van der Waals surface area contributed by atoms with Gasteiger partial charge in [-0.05, 0) is 31.0 Å². The number of pyridine rings is 1. The minimum Gasteiger partial charge on any atom is -0.323 e. The first-order valence-corrected chi connectivity index (χ1v) is 3.99. The summed E-state index contributed by atoms with van der Waals surface area (Å²) in [7, 11) is 0. The zero-order valence-electron chi connectivity index (χ0n) is 7.54. The first-order chi connectivity index (χ1) is 5.65. The molecule has 0 spiro atoms. The molecule has 0 aliphatic rings. The third-order valence-electron chi connectivity index (χ3n) is 1.86. The molecule has 1 unspecified atom stereocenters. The van der Waals surface area contributed by atoms with E-state index in [2.05, 4.69) is 11.6 Å². The lowest BCUT2D eigenvalue weighted by Gasteiger charge is -2.06. The van der Waals surface area contributed by atoms with Crippen LogP contribution in [0.15, 0.2) is 18.8 Å². The van der Waals surface area contributed by atoms with Gasteiger partial charge in [0.25, 0.3) is 0 Å². The zero-order valence-corrected chi connectivity index (χ0v) is 7.54. The number of nitrogens with zero attached hydrogens (tertiary/aromatic N) is 1. The molecule has 0 amide bonds. The van der Waals surface area contributed by atoms with E-state index in [9.17, 15) is 0 Å². The smallest absolute Gasteiger partial charge is 0.0571 e. The number of nitrogens with two attached hydrogens (primary N) is 1. The van der Waals surface area contributed by atoms with Gasteiger partial charge in [0.05, 0.1) is 5.69 Å². The average Bonchev–Trinajstić information content (AvgIpc) is 2.04. The fraction of sp³-hybridized carbons (Fsp3) is 0.300. The lowest BCUT2D eigenvalue weighted by atomic mass is 10.1. The summed E-state index contributed by atoms with van der Waals surface area (Å²) in [6.45, 7) is 7.65. The Morgan fingerprint density at radius 1 is 1.67 bits per heavy atom. The van der Waals surface area contributed by atoms with Crippen molar-refractivity contribution >= 4 is 6.08 Å². The van der Waals surface area contributed by atoms with Crippen LogP contribution in [0.1, 0.15) is 29.8 Å². The Balaban J connectivity index is 3.10. The van der Waals surface area contributed by atoms with Gasteiger partial charge in [-0.1, -0.05) is 12.7 Å². The summed E-state index contributed by atoms with van der Waals surface area (Å²) in [6, 6.07) is 2.00. The van der Waals surface area contributed by atoms with Crippen molar-refractivity contribution in [2.45, 2.75) is 19.9 Å². The highest BCUT2D eigenvalue weighted by atomic mass is 14.8. The minimum atomic E-state index is 0.00238. The van der Waals surface area contributed by atoms with Gasteiger partial charge in [0.1, 0.15) is 0 Å². The zero-order chi connectivity index (χ0) is 9.14. The molecule has 0 radical (unpaired) electrons. The molecule has 1 aromatic rings. The Bertz CT molecular complexity index is 290. The molecule has 1 aromatic heterocycles. The van der Waals surface area contributed by atoms with E-state index < -0.39 is 0 Å². The molecule has 0 saturated heterocycles. The Kier molecular flexibility index (Phi) is 2.61. The molecule has 2 N–H and O–H groups in total. The van der Waals surface area contributed by atoms with Crippen molar-refractivity contribution in [2.75, 3.05) is 0 Å². The predicted octanol–water partition coefficient (Wildman–Crippen LogP) is 2.05. The molecule has 0 fully saturated rings. The number of hydrogen-bond donors (Lipinski definition) is 1. The van der Waals surface area contributed by atoms with Crippen LogP contribution in [0.25, 0.3) is 6.08 Å². The van der Waals surface area contributed by atoms with Crippen LogP contribution in [0.2, 0.25) is 0 Å². The Labute approximate surface area is 73.1 Å². The number of rotatable bonds is 2. The van der Waals surface area contributed by atoms with Crippen molar-refractivity contribution in [2.24, 2.45) is 5.73 Å². The van der Waals surface area contributed by atoms with Gasteiger partial charge < -0.3 is 5.73 Å². The van der Waals surface area contributed by atoms with Gasteiger partial charge in [-0.3, -0.25) is 4.98 Å². The molecule has 0 saturated carbocycles. The third-order valence-corrected chi connectivity index (χ3v) is 1.86. The second kappa shape index (κ2) is 3.50. The van der Waals surface area contributed by atoms with E-state index in [1.165, 1.54) is 5.56 Å². The molecular weight excluding hydrogens is 148 g/mol. The highest BCUT2D eigenvalue weighted by Gasteiger charge is 2.02. The van der Waals surface area contributed by atoms with Crippen LogP contribution in [0.3, 0.4) is 0 Å². The molecular formula is C10H14N2. The predicted molar refractivity (Wildman–Crippen MR) is 51.7 cm³/mol. The first kappa shape index (κ1) is 8.94. The summed E-state index contributed by atoms with van der Waals surface area (Å²) in [5, 5.41) is 0. The lowest BCUT2D eigenvalue weighted by Crippen LogP contribution is -2.07. The topological polar surface area (TPSA) is 38.9 Å². The monoisotopic (exact) mass is 162 g/mol. The fourth-order valence-corrected chi connectivity index (χ4v) is 1.05. The van der Waals surface area contributed by atoms with Gasteiger partial charge in [0.2, 0.25) is 0 Å². The van der Waals surface area contributed by atoms with E-state index in [1.54, 1.807) is 12.3 Å². The SMILES string of the molecule is C=Cc1cnc(C(C)N)cc1C. The van der Waals surface area contributed by atoms with Crippen molar-refractivity contribution in [1.29, 1.82) is 0 Å². The fourth-order valence-electron chi connectivity index (χ4n) is 1.05. The molecule has 64 valence electrons. The van der Waals surface area contributed by atoms with Crippen molar-refractivity contribution in [3.05, 3.63) is 35.7 Å². The van der Waals surface area contributed by atoms with E-state index in [-0.39, 0.29) is 6.04 Å². The van der Waals surface area contributed by atoms with Gasteiger partial charge in [0, 0.05) is 12.2 Å². The van der Waals surface area contributed by atoms with Gasteiger partial charge in [-0.25, -0.2) is 0 Å². The normalized spacial score (nSPS) is 12.6. The maximum absolute atomic E-state index is 5.69. The summed E-state index contributed by atoms with van der Waals surface area (Å²) in [5.74, 6) is 0. The Morgan fingerprint density at radius 3 is 2.75 bits per heavy atom. The van der Waals surface area contributed by atoms with E-state index >= 15 is 0 Å². The lowest BCUT2D eigenvalue weighted by molar-refractivity contribution is 0.779. The molecule has 1 atom stereocenters. The Hall–Kier alpha value is -1.15. The van der Waals surface area contributed by atoms with Gasteiger partial charge in [0.15, 0.2) is 0 Å². The van der Waals surface area contributed by atoms with Gasteiger partial charge in [-0.2, -0.15) is 0 Å². The van der Waals surface area contributed by atoms with Crippen LogP contribution in [-0.2, 0) is 0 Å². The maximum Gasteiger partial charge on any atom is 0.0571 e. The number of aryl methyl sites for hydroxylation is 1. The van der Waals surface area contributed by atoms with E-state index in [1.807, 2.05) is 19.9 Å². The van der Waals surface area contributed by atoms with E-state index in [0.717, 1.165) is 11.3 Å². The number of hydrogen-bond acceptors (Lipinski definition) is 2. The van der Waals surface area contributed by atoms with Crippen LogP contribution >= 0.6 is 0 Å². The van der Waals surface area contributed by atoms with Crippen LogP contribution in [0.5, 0.6) is 0 Å². The van der Waals surface area contributed by atoms with Crippen molar-refractivity contribution < 1.29 is 0 Å². The Morgan fingerprint density at radius 2 is 2.33 bits per heavy atom. The van der Waals surface area contributed by atoms with Crippen LogP contribution in [-0.4, -0.2) is 4.98 Å². The minimum absolute atomic E-state index is 0.00238. The van der Waals surface area contributed by atoms with Crippen LogP contribution in [0, 0.1) is 6.92 Å². The third kappa shape index (κ3) is 1.71. The van der Waals surface area contributed by atoms with Crippen molar-refractivity contribution in [3.63, 3.8) is 0 Å². The summed E-state index contributed by atoms with van der Waals surface area (Å²) < 4.78 is 0. The van der Waals surface area contributed by atoms with E-state index in [0.29, 0.717) is 0 Å². The standard InChI is InChI=1S/C10H14N2/c1-4-9-6-12-10(8(3)11)5-7(9)2/h4-6,8H,1,11H2,2-3H3. The highest BCUT2D eigenvalue weighted by molar-refractivity contribution is 5.50. The molecule has 0 aliphatic carbocycles. The molecule has 0 aliphatic heterocycles. The first-order valence-electron chi connectivity index (χ1n) is 3.99. The van der Waals surface area contributed by atoms with Crippen LogP contribution < -0.4 is 5.73 Å². The summed E-state index contributed by atoms with van der Waals surface area (Å²) in [6.07, 6.45) is 3.61. The van der Waals surface area contributed by atoms with Crippen molar-refractivity contribution in [1.82, 2.24) is 4.98 Å². The molecule has 2 nitrogen and oxygen atoms in total. The van der Waals surface area contributed by atoms with Gasteiger partial charge >= 0.3 is 0 Å².